The van der Waals surface area contributed by atoms with E-state index in [2.05, 4.69) is 41.9 Å². The smallest absolute Gasteiger partial charge is 0.248 e. The molecule has 1 aromatic rings. The van der Waals surface area contributed by atoms with Gasteiger partial charge in [-0.1, -0.05) is 30.3 Å². The first-order chi connectivity index (χ1) is 13.7. The van der Waals surface area contributed by atoms with Crippen molar-refractivity contribution in [1.29, 1.82) is 0 Å². The van der Waals surface area contributed by atoms with Crippen molar-refractivity contribution in [2.45, 2.75) is 62.6 Å². The van der Waals surface area contributed by atoms with Crippen molar-refractivity contribution in [1.82, 2.24) is 10.2 Å². The van der Waals surface area contributed by atoms with E-state index in [1.54, 1.807) is 11.8 Å². The molecular weight excluding hydrogens is 372 g/mol. The van der Waals surface area contributed by atoms with Crippen molar-refractivity contribution >= 4 is 17.7 Å². The number of thioether (sulfide) groups is 1. The summed E-state index contributed by atoms with van der Waals surface area (Å²) in [6.45, 7) is 0.845. The minimum absolute atomic E-state index is 0.00685. The normalized spacial score (nSPS) is 28.3. The summed E-state index contributed by atoms with van der Waals surface area (Å²) in [5.41, 5.74) is 1.44. The van der Waals surface area contributed by atoms with Gasteiger partial charge in [0.1, 0.15) is 6.61 Å². The highest BCUT2D eigenvalue weighted by molar-refractivity contribution is 7.98. The molecule has 1 aliphatic heterocycles. The van der Waals surface area contributed by atoms with Crippen LogP contribution >= 0.6 is 11.8 Å². The second-order valence-electron chi connectivity index (χ2n) is 7.92. The maximum Gasteiger partial charge on any atom is 0.248 e. The Bertz CT molecular complexity index is 593. The van der Waals surface area contributed by atoms with Gasteiger partial charge >= 0.3 is 0 Å². The molecule has 2 aliphatic rings. The molecule has 1 aromatic carbocycles. The zero-order valence-corrected chi connectivity index (χ0v) is 17.7. The van der Waals surface area contributed by atoms with Crippen molar-refractivity contribution in [3.63, 3.8) is 0 Å². The average molecular weight is 407 g/mol. The molecule has 1 saturated heterocycles. The highest BCUT2D eigenvalue weighted by Gasteiger charge is 2.35. The average Bonchev–Trinajstić information content (AvgIpc) is 2.76. The molecule has 3 rings (SSSR count). The minimum atomic E-state index is -0.423. The van der Waals surface area contributed by atoms with Gasteiger partial charge in [0, 0.05) is 18.5 Å². The van der Waals surface area contributed by atoms with Crippen LogP contribution in [0.3, 0.4) is 0 Å². The number of ether oxygens (including phenoxy) is 1. The first kappa shape index (κ1) is 21.6. The highest BCUT2D eigenvalue weighted by atomic mass is 32.2. The first-order valence-electron chi connectivity index (χ1n) is 10.5. The quantitative estimate of drug-likeness (QED) is 0.650. The molecule has 1 aliphatic carbocycles. The maximum absolute atomic E-state index is 12.2. The number of likely N-dealkylation sites (tertiary alicyclic amines) is 1. The van der Waals surface area contributed by atoms with Crippen LogP contribution in [0.2, 0.25) is 0 Å². The van der Waals surface area contributed by atoms with Crippen molar-refractivity contribution < 1.29 is 14.6 Å². The fourth-order valence-electron chi connectivity index (χ4n) is 4.61. The molecule has 6 heteroatoms. The van der Waals surface area contributed by atoms with Crippen LogP contribution in [0.25, 0.3) is 0 Å². The van der Waals surface area contributed by atoms with E-state index in [4.69, 9.17) is 4.74 Å². The number of piperidine rings is 1. The number of nitrogens with zero attached hydrogens (tertiary/aromatic N) is 1. The Balaban J connectivity index is 1.53. The van der Waals surface area contributed by atoms with E-state index >= 15 is 0 Å². The molecule has 28 heavy (non-hydrogen) atoms. The molecule has 0 aromatic heterocycles. The first-order valence-corrected chi connectivity index (χ1v) is 11.9. The predicted molar refractivity (Wildman–Crippen MR) is 115 cm³/mol. The number of aliphatic hydroxyl groups is 1. The number of hydrogen-bond donors (Lipinski definition) is 2. The molecular formula is C22H34N2O3S. The summed E-state index contributed by atoms with van der Waals surface area (Å²) in [5, 5.41) is 12.9. The molecule has 0 bridgehead atoms. The fraction of sp³-hybridized carbons (Fsp3) is 0.682. The number of hydrogen-bond acceptors (Lipinski definition) is 5. The standard InChI is InChI=1S/C22H34N2O3S/c1-28-16-23-20-8-5-13-24(22(26)14-25)21(20)15-27-19-11-9-18(10-12-19)17-6-3-2-4-7-17/h2-4,6-7,18-21,23,25H,5,8-16H2,1H3/t18?,19?,20-,21-/m0/s1. The summed E-state index contributed by atoms with van der Waals surface area (Å²) < 4.78 is 6.32. The van der Waals surface area contributed by atoms with E-state index in [0.29, 0.717) is 19.1 Å². The van der Waals surface area contributed by atoms with Gasteiger partial charge in [-0.2, -0.15) is 0 Å². The van der Waals surface area contributed by atoms with Gasteiger partial charge in [0.2, 0.25) is 5.91 Å². The summed E-state index contributed by atoms with van der Waals surface area (Å²) in [7, 11) is 0. The molecule has 0 spiro atoms. The molecule has 5 nitrogen and oxygen atoms in total. The topological polar surface area (TPSA) is 61.8 Å². The molecule has 2 atom stereocenters. The van der Waals surface area contributed by atoms with E-state index in [1.807, 2.05) is 4.90 Å². The van der Waals surface area contributed by atoms with E-state index in [-0.39, 0.29) is 24.1 Å². The van der Waals surface area contributed by atoms with Crippen molar-refractivity contribution in [3.05, 3.63) is 35.9 Å². The van der Waals surface area contributed by atoms with E-state index in [9.17, 15) is 9.90 Å². The molecule has 0 unspecified atom stereocenters. The Kier molecular flexibility index (Phi) is 8.65. The lowest BCUT2D eigenvalue weighted by Gasteiger charge is -2.42. The van der Waals surface area contributed by atoms with Gasteiger partial charge in [0.05, 0.1) is 18.8 Å². The van der Waals surface area contributed by atoms with Gasteiger partial charge in [-0.3, -0.25) is 4.79 Å². The molecule has 1 saturated carbocycles. The molecule has 1 amide bonds. The Hall–Kier alpha value is -1.08. The summed E-state index contributed by atoms with van der Waals surface area (Å²) in [6, 6.07) is 11.0. The third kappa shape index (κ3) is 5.72. The summed E-state index contributed by atoms with van der Waals surface area (Å²) in [6.07, 6.45) is 8.82. The summed E-state index contributed by atoms with van der Waals surface area (Å²) >= 11 is 1.75. The second kappa shape index (κ2) is 11.2. The van der Waals surface area contributed by atoms with Gasteiger partial charge in [0.25, 0.3) is 0 Å². The van der Waals surface area contributed by atoms with Gasteiger partial charge < -0.3 is 20.1 Å². The van der Waals surface area contributed by atoms with Crippen LogP contribution in [0.4, 0.5) is 0 Å². The predicted octanol–water partition coefficient (Wildman–Crippen LogP) is 2.99. The van der Waals surface area contributed by atoms with Crippen LogP contribution in [0.5, 0.6) is 0 Å². The molecule has 156 valence electrons. The van der Waals surface area contributed by atoms with Crippen molar-refractivity contribution in [2.24, 2.45) is 0 Å². The van der Waals surface area contributed by atoms with Crippen molar-refractivity contribution in [3.8, 4) is 0 Å². The third-order valence-electron chi connectivity index (χ3n) is 6.17. The van der Waals surface area contributed by atoms with Crippen LogP contribution in [-0.2, 0) is 9.53 Å². The molecule has 1 heterocycles. The van der Waals surface area contributed by atoms with Crippen LogP contribution in [-0.4, -0.2) is 66.0 Å². The summed E-state index contributed by atoms with van der Waals surface area (Å²) in [4.78, 5) is 14.1. The van der Waals surface area contributed by atoms with Crippen LogP contribution in [0.1, 0.15) is 50.0 Å². The summed E-state index contributed by atoms with van der Waals surface area (Å²) in [5.74, 6) is 1.32. The Morgan fingerprint density at radius 2 is 1.96 bits per heavy atom. The largest absolute Gasteiger partial charge is 0.387 e. The second-order valence-corrected chi connectivity index (χ2v) is 8.78. The van der Waals surface area contributed by atoms with Crippen LogP contribution in [0.15, 0.2) is 30.3 Å². The minimum Gasteiger partial charge on any atom is -0.387 e. The number of carbonyl (C=O) groups excluding carboxylic acids is 1. The Labute approximate surface area is 173 Å². The number of benzene rings is 1. The zero-order chi connectivity index (χ0) is 19.8. The van der Waals surface area contributed by atoms with Gasteiger partial charge in [-0.05, 0) is 56.3 Å². The fourth-order valence-corrected chi connectivity index (χ4v) is 5.00. The third-order valence-corrected chi connectivity index (χ3v) is 6.63. The Morgan fingerprint density at radius 3 is 2.64 bits per heavy atom. The van der Waals surface area contributed by atoms with Gasteiger partial charge in [-0.25, -0.2) is 0 Å². The zero-order valence-electron chi connectivity index (χ0n) is 16.9. The molecule has 0 radical (unpaired) electrons. The number of carbonyl (C=O) groups is 1. The van der Waals surface area contributed by atoms with Gasteiger partial charge in [-0.15, -0.1) is 11.8 Å². The van der Waals surface area contributed by atoms with E-state index in [1.165, 1.54) is 5.56 Å². The van der Waals surface area contributed by atoms with E-state index in [0.717, 1.165) is 44.4 Å². The SMILES string of the molecule is CSCN[C@H]1CCCN(C(=O)CO)[C@H]1COC1CCC(c2ccccc2)CC1. The lowest BCUT2D eigenvalue weighted by molar-refractivity contribution is -0.141. The lowest BCUT2D eigenvalue weighted by Crippen LogP contribution is -2.58. The van der Waals surface area contributed by atoms with E-state index < -0.39 is 6.61 Å². The number of rotatable bonds is 8. The van der Waals surface area contributed by atoms with Crippen molar-refractivity contribution in [2.75, 3.05) is 31.9 Å². The number of nitrogens with one attached hydrogen (secondary N) is 1. The monoisotopic (exact) mass is 406 g/mol. The maximum atomic E-state index is 12.2. The lowest BCUT2D eigenvalue weighted by atomic mass is 9.83. The van der Waals surface area contributed by atoms with Crippen LogP contribution in [0, 0.1) is 0 Å². The van der Waals surface area contributed by atoms with Gasteiger partial charge in [0.15, 0.2) is 0 Å². The number of amides is 1. The highest BCUT2D eigenvalue weighted by Crippen LogP contribution is 2.34. The van der Waals surface area contributed by atoms with Crippen LogP contribution < -0.4 is 5.32 Å². The Morgan fingerprint density at radius 1 is 1.21 bits per heavy atom. The number of aliphatic hydroxyl groups excluding tert-OH is 1. The molecule has 2 fully saturated rings. The molecule has 2 N–H and O–H groups in total.